The molecule has 2 aromatic rings. The van der Waals surface area contributed by atoms with Crippen LogP contribution >= 0.6 is 0 Å². The first-order valence-corrected chi connectivity index (χ1v) is 8.93. The predicted molar refractivity (Wildman–Crippen MR) is 102 cm³/mol. The molecule has 1 aliphatic rings. The van der Waals surface area contributed by atoms with Crippen molar-refractivity contribution in [2.45, 2.75) is 39.5 Å². The second-order valence-electron chi connectivity index (χ2n) is 7.94. The third-order valence-electron chi connectivity index (χ3n) is 4.71. The SMILES string of the molecule is Cc1cccc(N2C[C@@H](C(=O)Oc3ccc(C(C)(C)C)cc3)CC2=O)c1. The quantitative estimate of drug-likeness (QED) is 0.613. The van der Waals surface area contributed by atoms with Gasteiger partial charge in [-0.25, -0.2) is 0 Å². The van der Waals surface area contributed by atoms with Gasteiger partial charge in [0.25, 0.3) is 0 Å². The van der Waals surface area contributed by atoms with Crippen LogP contribution in [0.25, 0.3) is 0 Å². The van der Waals surface area contributed by atoms with E-state index in [4.69, 9.17) is 4.74 Å². The summed E-state index contributed by atoms with van der Waals surface area (Å²) in [5.74, 6) is -0.313. The number of amides is 1. The summed E-state index contributed by atoms with van der Waals surface area (Å²) in [4.78, 5) is 26.5. The summed E-state index contributed by atoms with van der Waals surface area (Å²) in [6.45, 7) is 8.76. The fraction of sp³-hybridized carbons (Fsp3) is 0.364. The minimum atomic E-state index is -0.440. The van der Waals surface area contributed by atoms with Crippen molar-refractivity contribution in [1.29, 1.82) is 0 Å². The van der Waals surface area contributed by atoms with E-state index in [1.54, 1.807) is 4.90 Å². The Hall–Kier alpha value is -2.62. The number of benzene rings is 2. The molecule has 1 fully saturated rings. The molecule has 1 atom stereocenters. The van der Waals surface area contributed by atoms with Gasteiger partial charge in [-0.1, -0.05) is 45.0 Å². The summed E-state index contributed by atoms with van der Waals surface area (Å²) in [6.07, 6.45) is 0.187. The molecule has 0 spiro atoms. The van der Waals surface area contributed by atoms with Crippen molar-refractivity contribution >= 4 is 17.6 Å². The molecule has 1 heterocycles. The molecule has 0 bridgehead atoms. The lowest BCUT2D eigenvalue weighted by molar-refractivity contribution is -0.139. The van der Waals surface area contributed by atoms with Crippen LogP contribution in [0.4, 0.5) is 5.69 Å². The van der Waals surface area contributed by atoms with Gasteiger partial charge in [0.2, 0.25) is 5.91 Å². The van der Waals surface area contributed by atoms with Gasteiger partial charge in [0.1, 0.15) is 5.75 Å². The number of hydrogen-bond donors (Lipinski definition) is 0. The number of aryl methyl sites for hydroxylation is 1. The number of rotatable bonds is 3. The molecule has 1 saturated heterocycles. The number of esters is 1. The first-order valence-electron chi connectivity index (χ1n) is 8.93. The van der Waals surface area contributed by atoms with E-state index in [2.05, 4.69) is 20.8 Å². The van der Waals surface area contributed by atoms with Crippen molar-refractivity contribution < 1.29 is 14.3 Å². The Morgan fingerprint density at radius 3 is 2.42 bits per heavy atom. The van der Waals surface area contributed by atoms with Crippen molar-refractivity contribution in [2.24, 2.45) is 5.92 Å². The zero-order chi connectivity index (χ0) is 18.9. The summed E-state index contributed by atoms with van der Waals surface area (Å²) >= 11 is 0. The topological polar surface area (TPSA) is 46.6 Å². The van der Waals surface area contributed by atoms with E-state index in [1.807, 2.05) is 55.5 Å². The third-order valence-corrected chi connectivity index (χ3v) is 4.71. The van der Waals surface area contributed by atoms with Gasteiger partial charge >= 0.3 is 5.97 Å². The second kappa shape index (κ2) is 6.94. The molecule has 0 radical (unpaired) electrons. The summed E-state index contributed by atoms with van der Waals surface area (Å²) in [6, 6.07) is 15.3. The molecule has 2 aromatic carbocycles. The van der Waals surface area contributed by atoms with E-state index in [0.29, 0.717) is 12.3 Å². The van der Waals surface area contributed by atoms with Crippen LogP contribution < -0.4 is 9.64 Å². The van der Waals surface area contributed by atoms with Gasteiger partial charge < -0.3 is 9.64 Å². The van der Waals surface area contributed by atoms with Crippen LogP contribution in [0.1, 0.15) is 38.3 Å². The van der Waals surface area contributed by atoms with Gasteiger partial charge in [0.15, 0.2) is 0 Å². The highest BCUT2D eigenvalue weighted by Gasteiger charge is 2.36. The maximum absolute atomic E-state index is 12.5. The lowest BCUT2D eigenvalue weighted by atomic mass is 9.87. The molecule has 0 unspecified atom stereocenters. The number of anilines is 1. The normalized spacial score (nSPS) is 17.5. The van der Waals surface area contributed by atoms with Crippen LogP contribution in [-0.4, -0.2) is 18.4 Å². The zero-order valence-corrected chi connectivity index (χ0v) is 15.8. The summed E-state index contributed by atoms with van der Waals surface area (Å²) < 4.78 is 5.50. The first-order chi connectivity index (χ1) is 12.2. The van der Waals surface area contributed by atoms with E-state index in [-0.39, 0.29) is 23.7 Å². The van der Waals surface area contributed by atoms with Gasteiger partial charge in [-0.3, -0.25) is 9.59 Å². The van der Waals surface area contributed by atoms with E-state index < -0.39 is 5.92 Å². The molecule has 26 heavy (non-hydrogen) atoms. The molecule has 1 aliphatic heterocycles. The van der Waals surface area contributed by atoms with Crippen LogP contribution in [0.5, 0.6) is 5.75 Å². The second-order valence-corrected chi connectivity index (χ2v) is 7.94. The van der Waals surface area contributed by atoms with Gasteiger partial charge in [0, 0.05) is 18.7 Å². The monoisotopic (exact) mass is 351 g/mol. The smallest absolute Gasteiger partial charge is 0.316 e. The van der Waals surface area contributed by atoms with Crippen LogP contribution in [0, 0.1) is 12.8 Å². The molecule has 0 aromatic heterocycles. The number of nitrogens with zero attached hydrogens (tertiary/aromatic N) is 1. The van der Waals surface area contributed by atoms with Crippen LogP contribution in [0.15, 0.2) is 48.5 Å². The molecule has 4 heteroatoms. The maximum Gasteiger partial charge on any atom is 0.316 e. The summed E-state index contributed by atoms with van der Waals surface area (Å²) in [7, 11) is 0. The fourth-order valence-corrected chi connectivity index (χ4v) is 3.13. The Morgan fingerprint density at radius 1 is 1.12 bits per heavy atom. The zero-order valence-electron chi connectivity index (χ0n) is 15.8. The Kier molecular flexibility index (Phi) is 4.86. The van der Waals surface area contributed by atoms with E-state index in [1.165, 1.54) is 5.56 Å². The van der Waals surface area contributed by atoms with Gasteiger partial charge in [-0.2, -0.15) is 0 Å². The van der Waals surface area contributed by atoms with Gasteiger partial charge in [0.05, 0.1) is 5.92 Å². The highest BCUT2D eigenvalue weighted by molar-refractivity contribution is 5.99. The molecular weight excluding hydrogens is 326 g/mol. The van der Waals surface area contributed by atoms with Crippen LogP contribution in [0.3, 0.4) is 0 Å². The minimum Gasteiger partial charge on any atom is -0.426 e. The molecule has 0 N–H and O–H groups in total. The number of hydrogen-bond acceptors (Lipinski definition) is 3. The van der Waals surface area contributed by atoms with Crippen LogP contribution in [-0.2, 0) is 15.0 Å². The lowest BCUT2D eigenvalue weighted by Gasteiger charge is -2.19. The summed E-state index contributed by atoms with van der Waals surface area (Å²) in [5, 5.41) is 0. The number of carbonyl (C=O) groups excluding carboxylic acids is 2. The van der Waals surface area contributed by atoms with Gasteiger partial charge in [-0.15, -0.1) is 0 Å². The predicted octanol–water partition coefficient (Wildman–Crippen LogP) is 4.25. The number of carbonyl (C=O) groups is 2. The van der Waals surface area contributed by atoms with Gasteiger partial charge in [-0.05, 0) is 47.7 Å². The molecule has 3 rings (SSSR count). The Balaban J connectivity index is 1.67. The van der Waals surface area contributed by atoms with Crippen molar-refractivity contribution in [2.75, 3.05) is 11.4 Å². The van der Waals surface area contributed by atoms with E-state index in [9.17, 15) is 9.59 Å². The highest BCUT2D eigenvalue weighted by atomic mass is 16.5. The maximum atomic E-state index is 12.5. The van der Waals surface area contributed by atoms with E-state index in [0.717, 1.165) is 11.3 Å². The summed E-state index contributed by atoms with van der Waals surface area (Å²) in [5.41, 5.74) is 3.15. The molecule has 4 nitrogen and oxygen atoms in total. The Bertz CT molecular complexity index is 818. The average molecular weight is 351 g/mol. The first kappa shape index (κ1) is 18.2. The Labute approximate surface area is 154 Å². The minimum absolute atomic E-state index is 0.0411. The third kappa shape index (κ3) is 3.96. The average Bonchev–Trinajstić information content (AvgIpc) is 2.96. The van der Waals surface area contributed by atoms with Crippen molar-refractivity contribution in [1.82, 2.24) is 0 Å². The molecule has 1 amide bonds. The number of ether oxygens (including phenoxy) is 1. The van der Waals surface area contributed by atoms with Crippen molar-refractivity contribution in [3.05, 3.63) is 59.7 Å². The molecule has 0 saturated carbocycles. The highest BCUT2D eigenvalue weighted by Crippen LogP contribution is 2.28. The Morgan fingerprint density at radius 2 is 1.81 bits per heavy atom. The van der Waals surface area contributed by atoms with Crippen molar-refractivity contribution in [3.63, 3.8) is 0 Å². The lowest BCUT2D eigenvalue weighted by Crippen LogP contribution is -2.27. The van der Waals surface area contributed by atoms with Crippen LogP contribution in [0.2, 0.25) is 0 Å². The molecule has 0 aliphatic carbocycles. The van der Waals surface area contributed by atoms with E-state index >= 15 is 0 Å². The largest absolute Gasteiger partial charge is 0.426 e. The molecule has 136 valence electrons. The fourth-order valence-electron chi connectivity index (χ4n) is 3.13. The standard InChI is InChI=1S/C22H25NO3/c1-15-6-5-7-18(12-15)23-14-16(13-20(23)24)21(25)26-19-10-8-17(9-11-19)22(2,3)4/h5-12,16H,13-14H2,1-4H3/t16-/m0/s1. The van der Waals surface area contributed by atoms with Crippen molar-refractivity contribution in [3.8, 4) is 5.75 Å². The molecular formula is C22H25NO3.